The smallest absolute Gasteiger partial charge is 0.315 e. The third kappa shape index (κ3) is 5.08. The van der Waals surface area contributed by atoms with Crippen molar-refractivity contribution < 1.29 is 24.3 Å². The Morgan fingerprint density at radius 2 is 2.08 bits per heavy atom. The number of phenolic OH excluding ortho intramolecular Hbond substituents is 1. The largest absolute Gasteiger partial charge is 0.500 e. The molecule has 0 aromatic heterocycles. The Bertz CT molecular complexity index is 839. The lowest BCUT2D eigenvalue weighted by atomic mass is 10.2. The number of methoxy groups -OCH3 is 1. The number of ether oxygens (including phenoxy) is 2. The summed E-state index contributed by atoms with van der Waals surface area (Å²) in [5.41, 5.74) is 1.94. The zero-order valence-corrected chi connectivity index (χ0v) is 14.3. The number of halogens is 1. The molecule has 0 heterocycles. The van der Waals surface area contributed by atoms with Crippen LogP contribution in [-0.4, -0.2) is 35.9 Å². The van der Waals surface area contributed by atoms with Gasteiger partial charge in [0.1, 0.15) is 5.75 Å². The summed E-state index contributed by atoms with van der Waals surface area (Å²) >= 11 is 5.74. The van der Waals surface area contributed by atoms with Crippen molar-refractivity contribution in [2.45, 2.75) is 0 Å². The number of aromatic hydroxyl groups is 1. The third-order valence-corrected chi connectivity index (χ3v) is 3.33. The standard InChI is InChI=1S/C16H14ClN3O6/c1-25-14-7-10(6-13(16(14)22)20(23)24)8-18-19-15(21)9-26-12-4-2-11(17)3-5-12/h2-8,22H,9H2,1H3,(H,19,21)/b18-8+. The van der Waals surface area contributed by atoms with E-state index in [0.717, 1.165) is 6.07 Å². The first-order valence-electron chi connectivity index (χ1n) is 7.16. The molecule has 2 rings (SSSR count). The molecule has 0 aliphatic rings. The van der Waals surface area contributed by atoms with E-state index in [1.165, 1.54) is 19.4 Å². The van der Waals surface area contributed by atoms with E-state index in [1.54, 1.807) is 24.3 Å². The summed E-state index contributed by atoms with van der Waals surface area (Å²) in [5.74, 6) is -0.739. The summed E-state index contributed by atoms with van der Waals surface area (Å²) in [5, 5.41) is 24.8. The summed E-state index contributed by atoms with van der Waals surface area (Å²) in [6.07, 6.45) is 1.18. The predicted octanol–water partition coefficient (Wildman–Crippen LogP) is 2.49. The Hall–Kier alpha value is -3.33. The van der Waals surface area contributed by atoms with Crippen LogP contribution in [0.2, 0.25) is 5.02 Å². The number of hydrogen-bond donors (Lipinski definition) is 2. The maximum Gasteiger partial charge on any atom is 0.315 e. The summed E-state index contributed by atoms with van der Waals surface area (Å²) in [6, 6.07) is 8.90. The van der Waals surface area contributed by atoms with E-state index < -0.39 is 22.3 Å². The van der Waals surface area contributed by atoms with E-state index in [1.807, 2.05) is 0 Å². The SMILES string of the molecule is COc1cc(/C=N/NC(=O)COc2ccc(Cl)cc2)cc([N+](=O)[O-])c1O. The number of carbonyl (C=O) groups excluding carboxylic acids is 1. The fraction of sp³-hybridized carbons (Fsp3) is 0.125. The van der Waals surface area contributed by atoms with Gasteiger partial charge in [-0.2, -0.15) is 5.10 Å². The Morgan fingerprint density at radius 1 is 1.38 bits per heavy atom. The van der Waals surface area contributed by atoms with Gasteiger partial charge in [0.15, 0.2) is 12.4 Å². The Morgan fingerprint density at radius 3 is 2.69 bits per heavy atom. The zero-order valence-electron chi connectivity index (χ0n) is 13.5. The average molecular weight is 380 g/mol. The number of benzene rings is 2. The van der Waals surface area contributed by atoms with E-state index in [9.17, 15) is 20.0 Å². The molecule has 2 aromatic rings. The number of hydrogen-bond acceptors (Lipinski definition) is 7. The molecule has 0 unspecified atom stereocenters. The van der Waals surface area contributed by atoms with Gasteiger partial charge in [0.05, 0.1) is 18.2 Å². The maximum atomic E-state index is 11.7. The molecule has 0 saturated carbocycles. The number of phenols is 1. The van der Waals surface area contributed by atoms with Crippen LogP contribution in [0.5, 0.6) is 17.2 Å². The fourth-order valence-corrected chi connectivity index (χ4v) is 2.00. The quantitative estimate of drug-likeness (QED) is 0.432. The minimum absolute atomic E-state index is 0.0851. The van der Waals surface area contributed by atoms with Gasteiger partial charge in [0.25, 0.3) is 5.91 Å². The minimum Gasteiger partial charge on any atom is -0.500 e. The lowest BCUT2D eigenvalue weighted by molar-refractivity contribution is -0.386. The Balaban J connectivity index is 1.96. The molecule has 0 aliphatic carbocycles. The molecule has 0 fully saturated rings. The second-order valence-electron chi connectivity index (χ2n) is 4.88. The van der Waals surface area contributed by atoms with Crippen molar-refractivity contribution in [2.75, 3.05) is 13.7 Å². The topological polar surface area (TPSA) is 123 Å². The third-order valence-electron chi connectivity index (χ3n) is 3.08. The molecule has 26 heavy (non-hydrogen) atoms. The number of rotatable bonds is 7. The minimum atomic E-state index is -0.756. The van der Waals surface area contributed by atoms with E-state index in [-0.39, 0.29) is 17.9 Å². The summed E-state index contributed by atoms with van der Waals surface area (Å²) < 4.78 is 10.1. The van der Waals surface area contributed by atoms with Gasteiger partial charge in [-0.25, -0.2) is 5.43 Å². The average Bonchev–Trinajstić information content (AvgIpc) is 2.62. The Kier molecular flexibility index (Phi) is 6.34. The number of nitrogens with zero attached hydrogens (tertiary/aromatic N) is 2. The maximum absolute atomic E-state index is 11.7. The molecule has 2 N–H and O–H groups in total. The van der Waals surface area contributed by atoms with Crippen LogP contribution in [0.3, 0.4) is 0 Å². The van der Waals surface area contributed by atoms with Gasteiger partial charge in [-0.15, -0.1) is 0 Å². The highest BCUT2D eigenvalue weighted by atomic mass is 35.5. The number of carbonyl (C=O) groups is 1. The number of nitro benzene ring substituents is 1. The molecule has 1 amide bonds. The van der Waals surface area contributed by atoms with Crippen LogP contribution in [0.4, 0.5) is 5.69 Å². The molecule has 0 bridgehead atoms. The van der Waals surface area contributed by atoms with Crippen molar-refractivity contribution >= 4 is 29.4 Å². The number of hydrazone groups is 1. The molecule has 136 valence electrons. The van der Waals surface area contributed by atoms with Crippen molar-refractivity contribution in [1.82, 2.24) is 5.43 Å². The summed E-state index contributed by atoms with van der Waals surface area (Å²) in [6.45, 7) is -0.280. The van der Waals surface area contributed by atoms with E-state index in [4.69, 9.17) is 21.1 Å². The summed E-state index contributed by atoms with van der Waals surface area (Å²) in [4.78, 5) is 21.8. The van der Waals surface area contributed by atoms with Crippen LogP contribution in [0.15, 0.2) is 41.5 Å². The second-order valence-corrected chi connectivity index (χ2v) is 5.32. The first kappa shape index (κ1) is 19.0. The predicted molar refractivity (Wildman–Crippen MR) is 94.0 cm³/mol. The molecule has 0 saturated heterocycles. The zero-order chi connectivity index (χ0) is 19.1. The molecular formula is C16H14ClN3O6. The molecule has 0 spiro atoms. The lowest BCUT2D eigenvalue weighted by Gasteiger charge is -2.06. The first-order chi connectivity index (χ1) is 12.4. The van der Waals surface area contributed by atoms with Gasteiger partial charge in [-0.3, -0.25) is 14.9 Å². The normalized spacial score (nSPS) is 10.5. The van der Waals surface area contributed by atoms with E-state index >= 15 is 0 Å². The molecular weight excluding hydrogens is 366 g/mol. The van der Waals surface area contributed by atoms with Crippen LogP contribution in [0.1, 0.15) is 5.56 Å². The van der Waals surface area contributed by atoms with Crippen molar-refractivity contribution in [2.24, 2.45) is 5.10 Å². The van der Waals surface area contributed by atoms with Crippen molar-refractivity contribution in [3.05, 3.63) is 57.1 Å². The van der Waals surface area contributed by atoms with Gasteiger partial charge in [-0.1, -0.05) is 11.6 Å². The number of nitro groups is 1. The van der Waals surface area contributed by atoms with E-state index in [2.05, 4.69) is 10.5 Å². The van der Waals surface area contributed by atoms with Gasteiger partial charge >= 0.3 is 5.69 Å². The highest BCUT2D eigenvalue weighted by Crippen LogP contribution is 2.36. The number of nitrogens with one attached hydrogen (secondary N) is 1. The Labute approximate surface area is 153 Å². The molecule has 2 aromatic carbocycles. The monoisotopic (exact) mass is 379 g/mol. The molecule has 0 radical (unpaired) electrons. The van der Waals surface area contributed by atoms with Gasteiger partial charge in [0, 0.05) is 16.7 Å². The van der Waals surface area contributed by atoms with Crippen LogP contribution in [0, 0.1) is 10.1 Å². The van der Waals surface area contributed by atoms with Gasteiger partial charge in [-0.05, 0) is 30.3 Å². The van der Waals surface area contributed by atoms with Crippen LogP contribution >= 0.6 is 11.6 Å². The molecule has 9 nitrogen and oxygen atoms in total. The molecule has 0 atom stereocenters. The molecule has 0 aliphatic heterocycles. The van der Waals surface area contributed by atoms with Crippen LogP contribution in [0.25, 0.3) is 0 Å². The van der Waals surface area contributed by atoms with Crippen molar-refractivity contribution in [3.8, 4) is 17.2 Å². The molecule has 10 heteroatoms. The fourth-order valence-electron chi connectivity index (χ4n) is 1.87. The van der Waals surface area contributed by atoms with Crippen LogP contribution in [-0.2, 0) is 4.79 Å². The van der Waals surface area contributed by atoms with Gasteiger partial charge < -0.3 is 14.6 Å². The second kappa shape index (κ2) is 8.67. The van der Waals surface area contributed by atoms with E-state index in [0.29, 0.717) is 10.8 Å². The number of amides is 1. The van der Waals surface area contributed by atoms with Gasteiger partial charge in [0.2, 0.25) is 5.75 Å². The summed E-state index contributed by atoms with van der Waals surface area (Å²) in [7, 11) is 1.26. The lowest BCUT2D eigenvalue weighted by Crippen LogP contribution is -2.24. The first-order valence-corrected chi connectivity index (χ1v) is 7.54. The van der Waals surface area contributed by atoms with Crippen molar-refractivity contribution in [3.63, 3.8) is 0 Å². The highest BCUT2D eigenvalue weighted by molar-refractivity contribution is 6.30. The highest BCUT2D eigenvalue weighted by Gasteiger charge is 2.19. The van der Waals surface area contributed by atoms with Crippen molar-refractivity contribution in [1.29, 1.82) is 0 Å². The van der Waals surface area contributed by atoms with Crippen LogP contribution < -0.4 is 14.9 Å².